The molecule has 0 bridgehead atoms. The average Bonchev–Trinajstić information content (AvgIpc) is 2.44. The van der Waals surface area contributed by atoms with E-state index in [9.17, 15) is 20.0 Å². The molecule has 4 N–H and O–H groups in total. The molecule has 0 spiro atoms. The molecule has 0 aliphatic heterocycles. The van der Waals surface area contributed by atoms with Crippen LogP contribution in [0.3, 0.4) is 0 Å². The van der Waals surface area contributed by atoms with Crippen molar-refractivity contribution >= 4 is 68.2 Å². The molecular formula is C13H9I2N3O4. The molecule has 0 radical (unpaired) electrons. The Hall–Kier alpha value is -1.63. The van der Waals surface area contributed by atoms with Crippen molar-refractivity contribution in [3.05, 3.63) is 53.1 Å². The van der Waals surface area contributed by atoms with Crippen LogP contribution in [0.5, 0.6) is 5.75 Å². The summed E-state index contributed by atoms with van der Waals surface area (Å²) >= 11 is 3.95. The Labute approximate surface area is 152 Å². The molecular weight excluding hydrogens is 516 g/mol. The third kappa shape index (κ3) is 3.58. The van der Waals surface area contributed by atoms with Gasteiger partial charge in [-0.3, -0.25) is 14.9 Å². The summed E-state index contributed by atoms with van der Waals surface area (Å²) in [6.45, 7) is 0. The Morgan fingerprint density at radius 2 is 1.95 bits per heavy atom. The van der Waals surface area contributed by atoms with E-state index in [-0.39, 0.29) is 28.4 Å². The van der Waals surface area contributed by atoms with E-state index in [4.69, 9.17) is 5.73 Å². The highest BCUT2D eigenvalue weighted by Crippen LogP contribution is 2.29. The lowest BCUT2D eigenvalue weighted by Gasteiger charge is -2.09. The summed E-state index contributed by atoms with van der Waals surface area (Å²) in [5.41, 5.74) is 5.53. The van der Waals surface area contributed by atoms with E-state index < -0.39 is 10.8 Å². The molecule has 114 valence electrons. The largest absolute Gasteiger partial charge is 0.506 e. The molecule has 1 amide bonds. The van der Waals surface area contributed by atoms with Crippen molar-refractivity contribution in [2.24, 2.45) is 0 Å². The van der Waals surface area contributed by atoms with Gasteiger partial charge >= 0.3 is 0 Å². The first-order valence-electron chi connectivity index (χ1n) is 5.83. The molecule has 9 heteroatoms. The number of hydrogen-bond acceptors (Lipinski definition) is 5. The summed E-state index contributed by atoms with van der Waals surface area (Å²) in [6.07, 6.45) is 0. The van der Waals surface area contributed by atoms with E-state index >= 15 is 0 Å². The van der Waals surface area contributed by atoms with Crippen LogP contribution >= 0.6 is 45.2 Å². The second-order valence-corrected chi connectivity index (χ2v) is 6.68. The Kier molecular flexibility index (Phi) is 5.05. The lowest BCUT2D eigenvalue weighted by Crippen LogP contribution is -2.13. The van der Waals surface area contributed by atoms with Gasteiger partial charge in [-0.05, 0) is 69.4 Å². The first-order chi connectivity index (χ1) is 10.3. The van der Waals surface area contributed by atoms with E-state index in [1.807, 2.05) is 45.2 Å². The van der Waals surface area contributed by atoms with Gasteiger partial charge in [0.15, 0.2) is 0 Å². The quantitative estimate of drug-likeness (QED) is 0.246. The maximum atomic E-state index is 12.2. The Morgan fingerprint density at radius 3 is 2.59 bits per heavy atom. The summed E-state index contributed by atoms with van der Waals surface area (Å²) in [5.74, 6) is -0.698. The van der Waals surface area contributed by atoms with Crippen LogP contribution in [0.1, 0.15) is 10.4 Å². The van der Waals surface area contributed by atoms with Crippen molar-refractivity contribution in [2.75, 3.05) is 11.1 Å². The van der Waals surface area contributed by atoms with Crippen LogP contribution in [0.15, 0.2) is 30.3 Å². The van der Waals surface area contributed by atoms with Crippen molar-refractivity contribution in [3.63, 3.8) is 0 Å². The Morgan fingerprint density at radius 1 is 1.27 bits per heavy atom. The highest BCUT2D eigenvalue weighted by molar-refractivity contribution is 14.1. The molecule has 0 aliphatic rings. The monoisotopic (exact) mass is 525 g/mol. The van der Waals surface area contributed by atoms with Gasteiger partial charge in [0.2, 0.25) is 0 Å². The lowest BCUT2D eigenvalue weighted by molar-refractivity contribution is -0.383. The number of nitro groups is 1. The fraction of sp³-hybridized carbons (Fsp3) is 0. The fourth-order valence-corrected chi connectivity index (χ4v) is 3.56. The Bertz CT molecular complexity index is 780. The van der Waals surface area contributed by atoms with Crippen molar-refractivity contribution in [1.29, 1.82) is 0 Å². The van der Waals surface area contributed by atoms with E-state index in [1.54, 1.807) is 6.07 Å². The number of phenols is 1. The zero-order valence-electron chi connectivity index (χ0n) is 10.8. The molecule has 22 heavy (non-hydrogen) atoms. The van der Waals surface area contributed by atoms with Gasteiger partial charge < -0.3 is 16.2 Å². The van der Waals surface area contributed by atoms with Gasteiger partial charge in [-0.15, -0.1) is 0 Å². The molecule has 2 aromatic carbocycles. The first kappa shape index (κ1) is 16.7. The average molecular weight is 525 g/mol. The SMILES string of the molecule is Nc1ccc(NC(=O)c2cc(I)cc(I)c2O)cc1[N+](=O)[O-]. The molecule has 0 atom stereocenters. The van der Waals surface area contributed by atoms with Gasteiger partial charge in [-0.25, -0.2) is 0 Å². The Balaban J connectivity index is 2.34. The summed E-state index contributed by atoms with van der Waals surface area (Å²) < 4.78 is 1.33. The van der Waals surface area contributed by atoms with Crippen molar-refractivity contribution in [2.45, 2.75) is 0 Å². The second-order valence-electron chi connectivity index (χ2n) is 4.27. The number of anilines is 2. The summed E-state index contributed by atoms with van der Waals surface area (Å²) in [6, 6.07) is 7.21. The molecule has 0 fully saturated rings. The number of hydrogen-bond donors (Lipinski definition) is 3. The number of halogens is 2. The second kappa shape index (κ2) is 6.64. The van der Waals surface area contributed by atoms with Crippen LogP contribution in [-0.2, 0) is 0 Å². The molecule has 0 saturated heterocycles. The van der Waals surface area contributed by atoms with Crippen molar-refractivity contribution in [1.82, 2.24) is 0 Å². The maximum absolute atomic E-state index is 12.2. The zero-order chi connectivity index (χ0) is 16.4. The van der Waals surface area contributed by atoms with Crippen LogP contribution in [0, 0.1) is 17.3 Å². The summed E-state index contributed by atoms with van der Waals surface area (Å²) in [4.78, 5) is 22.4. The van der Waals surface area contributed by atoms with Crippen molar-refractivity contribution < 1.29 is 14.8 Å². The van der Waals surface area contributed by atoms with E-state index in [1.165, 1.54) is 24.3 Å². The molecule has 0 aromatic heterocycles. The topological polar surface area (TPSA) is 118 Å². The summed E-state index contributed by atoms with van der Waals surface area (Å²) in [7, 11) is 0. The van der Waals surface area contributed by atoms with Gasteiger partial charge in [0.25, 0.3) is 11.6 Å². The van der Waals surface area contributed by atoms with Crippen LogP contribution in [-0.4, -0.2) is 15.9 Å². The van der Waals surface area contributed by atoms with Crippen LogP contribution in [0.4, 0.5) is 17.1 Å². The number of nitrogen functional groups attached to an aromatic ring is 1. The minimum absolute atomic E-state index is 0.00894. The number of nitrogens with one attached hydrogen (secondary N) is 1. The predicted molar refractivity (Wildman–Crippen MR) is 99.0 cm³/mol. The highest BCUT2D eigenvalue weighted by Gasteiger charge is 2.17. The van der Waals surface area contributed by atoms with E-state index in [0.29, 0.717) is 3.57 Å². The number of rotatable bonds is 3. The van der Waals surface area contributed by atoms with Crippen molar-refractivity contribution in [3.8, 4) is 5.75 Å². The van der Waals surface area contributed by atoms with Gasteiger partial charge in [-0.1, -0.05) is 0 Å². The van der Waals surface area contributed by atoms with Crippen LogP contribution < -0.4 is 11.1 Å². The number of carbonyl (C=O) groups excluding carboxylic acids is 1. The minimum Gasteiger partial charge on any atom is -0.506 e. The lowest BCUT2D eigenvalue weighted by atomic mass is 10.1. The standard InChI is InChI=1S/C13H9I2N3O4/c14-6-3-8(12(19)9(15)4-6)13(20)17-7-1-2-10(16)11(5-7)18(21)22/h1-5,19H,16H2,(H,17,20). The number of nitro benzene ring substituents is 1. The number of benzene rings is 2. The highest BCUT2D eigenvalue weighted by atomic mass is 127. The number of aromatic hydroxyl groups is 1. The number of carbonyl (C=O) groups is 1. The van der Waals surface area contributed by atoms with Gasteiger partial charge in [0.05, 0.1) is 14.1 Å². The van der Waals surface area contributed by atoms with Gasteiger partial charge in [-0.2, -0.15) is 0 Å². The minimum atomic E-state index is -0.628. The van der Waals surface area contributed by atoms with Crippen LogP contribution in [0.25, 0.3) is 0 Å². The normalized spacial score (nSPS) is 10.3. The smallest absolute Gasteiger partial charge is 0.294 e. The molecule has 0 heterocycles. The van der Waals surface area contributed by atoms with Gasteiger partial charge in [0, 0.05) is 15.3 Å². The molecule has 0 aliphatic carbocycles. The number of phenolic OH excluding ortho intramolecular Hbond substituents is 1. The third-order valence-electron chi connectivity index (χ3n) is 2.76. The number of nitrogens with two attached hydrogens (primary N) is 1. The van der Waals surface area contributed by atoms with Gasteiger partial charge in [0.1, 0.15) is 11.4 Å². The molecule has 0 unspecified atom stereocenters. The number of nitrogens with zero attached hydrogens (tertiary/aromatic N) is 1. The summed E-state index contributed by atoms with van der Waals surface area (Å²) in [5, 5.41) is 23.3. The third-order valence-corrected chi connectivity index (χ3v) is 4.20. The molecule has 0 saturated carbocycles. The molecule has 2 rings (SSSR count). The fourth-order valence-electron chi connectivity index (χ4n) is 1.72. The van der Waals surface area contributed by atoms with E-state index in [0.717, 1.165) is 3.57 Å². The molecule has 7 nitrogen and oxygen atoms in total. The molecule has 2 aromatic rings. The number of amides is 1. The zero-order valence-corrected chi connectivity index (χ0v) is 15.2. The predicted octanol–water partition coefficient (Wildman–Crippen LogP) is 3.34. The first-order valence-corrected chi connectivity index (χ1v) is 7.98. The maximum Gasteiger partial charge on any atom is 0.294 e. The van der Waals surface area contributed by atoms with E-state index in [2.05, 4.69) is 5.32 Å². The van der Waals surface area contributed by atoms with Crippen LogP contribution in [0.2, 0.25) is 0 Å².